The van der Waals surface area contributed by atoms with E-state index in [1.807, 2.05) is 48.5 Å². The Bertz CT molecular complexity index is 719. The first-order valence-corrected chi connectivity index (χ1v) is 8.72. The molecule has 0 aliphatic rings. The van der Waals surface area contributed by atoms with Gasteiger partial charge in [0.2, 0.25) is 11.8 Å². The second-order valence-corrected chi connectivity index (χ2v) is 6.26. The van der Waals surface area contributed by atoms with Gasteiger partial charge in [-0.05, 0) is 23.3 Å². The molecule has 2 rings (SSSR count). The molecule has 2 amide bonds. The van der Waals surface area contributed by atoms with Gasteiger partial charge >= 0.3 is 0 Å². The number of likely N-dealkylation sites (N-methyl/N-ethyl adjacent to an activating group) is 1. The van der Waals surface area contributed by atoms with Crippen LogP contribution in [0.2, 0.25) is 5.02 Å². The van der Waals surface area contributed by atoms with E-state index in [9.17, 15) is 9.59 Å². The Balaban J connectivity index is 2.32. The van der Waals surface area contributed by atoms with Crippen molar-refractivity contribution in [1.29, 1.82) is 0 Å². The molecular weight excluding hydrogens is 336 g/mol. The van der Waals surface area contributed by atoms with Crippen LogP contribution in [0.3, 0.4) is 0 Å². The van der Waals surface area contributed by atoms with Gasteiger partial charge in [0.25, 0.3) is 0 Å². The highest BCUT2D eigenvalue weighted by atomic mass is 35.5. The van der Waals surface area contributed by atoms with Crippen molar-refractivity contribution in [2.45, 2.75) is 32.4 Å². The number of rotatable bonds is 7. The zero-order valence-electron chi connectivity index (χ0n) is 14.5. The maximum atomic E-state index is 12.6. The van der Waals surface area contributed by atoms with Crippen LogP contribution in [0.1, 0.15) is 24.5 Å². The predicted molar refractivity (Wildman–Crippen MR) is 100 cm³/mol. The monoisotopic (exact) mass is 358 g/mol. The summed E-state index contributed by atoms with van der Waals surface area (Å²) in [5, 5.41) is 3.30. The normalized spacial score (nSPS) is 11.6. The molecule has 0 heterocycles. The third-order valence-electron chi connectivity index (χ3n) is 4.06. The minimum atomic E-state index is -0.571. The first kappa shape index (κ1) is 19.0. The Hall–Kier alpha value is -2.33. The summed E-state index contributed by atoms with van der Waals surface area (Å²) in [5.74, 6) is -0.239. The summed E-state index contributed by atoms with van der Waals surface area (Å²) >= 11 is 6.06. The summed E-state index contributed by atoms with van der Waals surface area (Å²) in [4.78, 5) is 26.7. The zero-order valence-corrected chi connectivity index (χ0v) is 15.3. The van der Waals surface area contributed by atoms with Gasteiger partial charge in [0.05, 0.1) is 0 Å². The van der Waals surface area contributed by atoms with Gasteiger partial charge in [-0.25, -0.2) is 0 Å². The smallest absolute Gasteiger partial charge is 0.242 e. The summed E-state index contributed by atoms with van der Waals surface area (Å²) in [6.45, 7) is 2.15. The lowest BCUT2D eigenvalue weighted by Gasteiger charge is -2.31. The van der Waals surface area contributed by atoms with Crippen LogP contribution < -0.4 is 5.32 Å². The van der Waals surface area contributed by atoms with Gasteiger partial charge in [-0.1, -0.05) is 61.0 Å². The van der Waals surface area contributed by atoms with E-state index in [2.05, 4.69) is 5.32 Å². The van der Waals surface area contributed by atoms with Crippen LogP contribution in [0.15, 0.2) is 54.6 Å². The second-order valence-electron chi connectivity index (χ2n) is 5.82. The Morgan fingerprint density at radius 1 is 1.08 bits per heavy atom. The van der Waals surface area contributed by atoms with E-state index in [1.54, 1.807) is 24.9 Å². The SMILES string of the molecule is CCC(=O)N(Cc1cccc(Cl)c1)[C@H](Cc1ccccc1)C(=O)NC. The van der Waals surface area contributed by atoms with Crippen molar-refractivity contribution in [1.82, 2.24) is 10.2 Å². The highest BCUT2D eigenvalue weighted by molar-refractivity contribution is 6.30. The number of halogens is 1. The summed E-state index contributed by atoms with van der Waals surface area (Å²) in [5.41, 5.74) is 1.91. The van der Waals surface area contributed by atoms with Gasteiger partial charge in [-0.2, -0.15) is 0 Å². The minimum absolute atomic E-state index is 0.0653. The van der Waals surface area contributed by atoms with Crippen LogP contribution in [-0.2, 0) is 22.6 Å². The van der Waals surface area contributed by atoms with Crippen LogP contribution in [0.5, 0.6) is 0 Å². The Kier molecular flexibility index (Phi) is 7.02. The fourth-order valence-electron chi connectivity index (χ4n) is 2.76. The molecule has 0 saturated heterocycles. The van der Waals surface area contributed by atoms with Crippen molar-refractivity contribution >= 4 is 23.4 Å². The lowest BCUT2D eigenvalue weighted by atomic mass is 10.0. The molecule has 25 heavy (non-hydrogen) atoms. The van der Waals surface area contributed by atoms with Crippen LogP contribution in [-0.4, -0.2) is 29.8 Å². The van der Waals surface area contributed by atoms with E-state index < -0.39 is 6.04 Å². The minimum Gasteiger partial charge on any atom is -0.357 e. The third kappa shape index (κ3) is 5.33. The predicted octanol–water partition coefficient (Wildman–Crippen LogP) is 3.44. The molecule has 0 aromatic heterocycles. The molecule has 0 bridgehead atoms. The van der Waals surface area contributed by atoms with Crippen molar-refractivity contribution < 1.29 is 9.59 Å². The van der Waals surface area contributed by atoms with E-state index in [0.717, 1.165) is 11.1 Å². The number of benzene rings is 2. The quantitative estimate of drug-likeness (QED) is 0.824. The molecule has 1 atom stereocenters. The van der Waals surface area contributed by atoms with Gasteiger partial charge in [-0.15, -0.1) is 0 Å². The molecule has 2 aromatic rings. The molecule has 0 aliphatic carbocycles. The molecule has 132 valence electrons. The molecular formula is C20H23ClN2O2. The van der Waals surface area contributed by atoms with Crippen molar-refractivity contribution in [3.8, 4) is 0 Å². The number of hydrogen-bond acceptors (Lipinski definition) is 2. The lowest BCUT2D eigenvalue weighted by Crippen LogP contribution is -2.49. The number of nitrogens with zero attached hydrogens (tertiary/aromatic N) is 1. The number of hydrogen-bond donors (Lipinski definition) is 1. The topological polar surface area (TPSA) is 49.4 Å². The molecule has 4 nitrogen and oxygen atoms in total. The molecule has 0 unspecified atom stereocenters. The number of carbonyl (C=O) groups excluding carboxylic acids is 2. The molecule has 0 aliphatic heterocycles. The molecule has 5 heteroatoms. The first-order valence-electron chi connectivity index (χ1n) is 8.34. The summed E-state index contributed by atoms with van der Waals surface area (Å²) in [7, 11) is 1.59. The lowest BCUT2D eigenvalue weighted by molar-refractivity contribution is -0.140. The second kappa shape index (κ2) is 9.23. The largest absolute Gasteiger partial charge is 0.357 e. The maximum absolute atomic E-state index is 12.6. The Morgan fingerprint density at radius 2 is 1.76 bits per heavy atom. The summed E-state index contributed by atoms with van der Waals surface area (Å²) in [6, 6.07) is 16.5. The standard InChI is InChI=1S/C20H23ClN2O2/c1-3-19(24)23(14-16-10-7-11-17(21)12-16)18(20(25)22-2)13-15-8-5-4-6-9-15/h4-12,18H,3,13-14H2,1-2H3,(H,22,25)/t18-/m1/s1. The Labute approximate surface area is 153 Å². The fraction of sp³-hybridized carbons (Fsp3) is 0.300. The van der Waals surface area contributed by atoms with Gasteiger partial charge < -0.3 is 10.2 Å². The number of amides is 2. The fourth-order valence-corrected chi connectivity index (χ4v) is 2.97. The van der Waals surface area contributed by atoms with Gasteiger partial charge in [0, 0.05) is 31.5 Å². The van der Waals surface area contributed by atoms with E-state index >= 15 is 0 Å². The Morgan fingerprint density at radius 3 is 2.36 bits per heavy atom. The van der Waals surface area contributed by atoms with Crippen LogP contribution in [0.4, 0.5) is 0 Å². The van der Waals surface area contributed by atoms with Gasteiger partial charge in [0.15, 0.2) is 0 Å². The highest BCUT2D eigenvalue weighted by Gasteiger charge is 2.28. The average Bonchev–Trinajstić information content (AvgIpc) is 2.64. The number of carbonyl (C=O) groups is 2. The van der Waals surface area contributed by atoms with Crippen molar-refractivity contribution in [2.24, 2.45) is 0 Å². The van der Waals surface area contributed by atoms with E-state index in [1.165, 1.54) is 0 Å². The van der Waals surface area contributed by atoms with Gasteiger partial charge in [0.1, 0.15) is 6.04 Å². The molecule has 0 radical (unpaired) electrons. The van der Waals surface area contributed by atoms with Crippen LogP contribution in [0.25, 0.3) is 0 Å². The number of nitrogens with one attached hydrogen (secondary N) is 1. The van der Waals surface area contributed by atoms with Crippen molar-refractivity contribution in [2.75, 3.05) is 7.05 Å². The molecule has 0 fully saturated rings. The summed E-state index contributed by atoms with van der Waals surface area (Å²) < 4.78 is 0. The summed E-state index contributed by atoms with van der Waals surface area (Å²) in [6.07, 6.45) is 0.801. The molecule has 1 N–H and O–H groups in total. The van der Waals surface area contributed by atoms with E-state index in [0.29, 0.717) is 24.4 Å². The zero-order chi connectivity index (χ0) is 18.2. The maximum Gasteiger partial charge on any atom is 0.242 e. The van der Waals surface area contributed by atoms with Crippen molar-refractivity contribution in [3.63, 3.8) is 0 Å². The molecule has 0 saturated carbocycles. The van der Waals surface area contributed by atoms with Gasteiger partial charge in [-0.3, -0.25) is 9.59 Å². The van der Waals surface area contributed by atoms with E-state index in [4.69, 9.17) is 11.6 Å². The van der Waals surface area contributed by atoms with E-state index in [-0.39, 0.29) is 11.8 Å². The highest BCUT2D eigenvalue weighted by Crippen LogP contribution is 2.17. The first-order chi connectivity index (χ1) is 12.0. The van der Waals surface area contributed by atoms with Crippen LogP contribution in [0, 0.1) is 0 Å². The van der Waals surface area contributed by atoms with Crippen LogP contribution >= 0.6 is 11.6 Å². The molecule has 2 aromatic carbocycles. The van der Waals surface area contributed by atoms with Crippen molar-refractivity contribution in [3.05, 3.63) is 70.7 Å². The third-order valence-corrected chi connectivity index (χ3v) is 4.30. The molecule has 0 spiro atoms. The average molecular weight is 359 g/mol.